The van der Waals surface area contributed by atoms with Crippen molar-refractivity contribution in [1.82, 2.24) is 4.90 Å². The number of thioether (sulfide) groups is 1. The number of halogens is 1. The summed E-state index contributed by atoms with van der Waals surface area (Å²) in [4.78, 5) is 35.8. The van der Waals surface area contributed by atoms with Crippen LogP contribution >= 0.6 is 23.4 Å². The van der Waals surface area contributed by atoms with Crippen molar-refractivity contribution in [3.63, 3.8) is 0 Å². The van der Waals surface area contributed by atoms with Crippen molar-refractivity contribution in [2.45, 2.75) is 11.4 Å². The molecule has 7 nitrogen and oxygen atoms in total. The first-order chi connectivity index (χ1) is 12.3. The maximum absolute atomic E-state index is 12.3. The predicted octanol–water partition coefficient (Wildman–Crippen LogP) is 3.10. The number of amides is 2. The Morgan fingerprint density at radius 2 is 1.88 bits per heavy atom. The van der Waals surface area contributed by atoms with Crippen LogP contribution in [0.2, 0.25) is 5.02 Å². The number of hydrogen-bond donors (Lipinski definition) is 1. The van der Waals surface area contributed by atoms with Gasteiger partial charge in [0.1, 0.15) is 0 Å². The molecule has 136 valence electrons. The first-order valence-corrected chi connectivity index (χ1v) is 8.83. The van der Waals surface area contributed by atoms with Gasteiger partial charge in [0, 0.05) is 30.2 Å². The van der Waals surface area contributed by atoms with Gasteiger partial charge in [-0.3, -0.25) is 19.7 Å². The Bertz CT molecular complexity index is 842. The number of nitrogens with zero attached hydrogens (tertiary/aromatic N) is 2. The average molecular weight is 394 g/mol. The van der Waals surface area contributed by atoms with Crippen molar-refractivity contribution in [3.8, 4) is 0 Å². The summed E-state index contributed by atoms with van der Waals surface area (Å²) < 4.78 is 0. The molecular formula is C17H16ClN3O4S. The largest absolute Gasteiger partial charge is 0.366 e. The van der Waals surface area contributed by atoms with E-state index in [9.17, 15) is 19.7 Å². The van der Waals surface area contributed by atoms with Gasteiger partial charge in [-0.05, 0) is 29.8 Å². The van der Waals surface area contributed by atoms with Crippen molar-refractivity contribution in [2.24, 2.45) is 5.73 Å². The lowest BCUT2D eigenvalue weighted by atomic mass is 10.2. The number of nitrogens with two attached hydrogens (primary N) is 1. The van der Waals surface area contributed by atoms with E-state index >= 15 is 0 Å². The highest BCUT2D eigenvalue weighted by Gasteiger charge is 2.19. The fourth-order valence-corrected chi connectivity index (χ4v) is 3.21. The second-order valence-electron chi connectivity index (χ2n) is 5.47. The Morgan fingerprint density at radius 3 is 2.46 bits per heavy atom. The van der Waals surface area contributed by atoms with Gasteiger partial charge in [0.25, 0.3) is 5.69 Å². The zero-order valence-corrected chi connectivity index (χ0v) is 15.4. The zero-order chi connectivity index (χ0) is 19.3. The predicted molar refractivity (Wildman–Crippen MR) is 100 cm³/mol. The molecule has 0 aromatic heterocycles. The smallest absolute Gasteiger partial charge is 0.283 e. The lowest BCUT2D eigenvalue weighted by Crippen LogP contribution is -2.27. The average Bonchev–Trinajstić information content (AvgIpc) is 2.61. The van der Waals surface area contributed by atoms with Gasteiger partial charge in [-0.1, -0.05) is 23.7 Å². The SMILES string of the molecule is CN(Cc1ccc(Cl)cc1)C(=O)CSc1ccc(C(N)=O)cc1[N+](=O)[O-]. The molecule has 0 heterocycles. The number of rotatable bonds is 7. The molecule has 9 heteroatoms. The third kappa shape index (κ3) is 5.21. The molecule has 2 aromatic carbocycles. The van der Waals surface area contributed by atoms with Gasteiger partial charge in [0.15, 0.2) is 0 Å². The number of nitro benzene ring substituents is 1. The van der Waals surface area contributed by atoms with Crippen molar-refractivity contribution in [2.75, 3.05) is 12.8 Å². The Balaban J connectivity index is 2.03. The minimum atomic E-state index is -0.747. The standard InChI is InChI=1S/C17H16ClN3O4S/c1-20(9-11-2-5-13(18)6-3-11)16(22)10-26-15-7-4-12(17(19)23)8-14(15)21(24)25/h2-8H,9-10H2,1H3,(H2,19,23). The maximum atomic E-state index is 12.3. The molecule has 0 bridgehead atoms. The second kappa shape index (κ2) is 8.68. The molecule has 0 radical (unpaired) electrons. The second-order valence-corrected chi connectivity index (χ2v) is 6.92. The molecule has 0 atom stereocenters. The molecule has 0 aliphatic rings. The molecule has 0 saturated carbocycles. The summed E-state index contributed by atoms with van der Waals surface area (Å²) >= 11 is 6.87. The molecule has 2 aromatic rings. The monoisotopic (exact) mass is 393 g/mol. The molecule has 2 N–H and O–H groups in total. The molecule has 0 fully saturated rings. The Morgan fingerprint density at radius 1 is 1.23 bits per heavy atom. The molecule has 0 aliphatic carbocycles. The topological polar surface area (TPSA) is 107 Å². The molecule has 2 amide bonds. The van der Waals surface area contributed by atoms with Crippen molar-refractivity contribution in [3.05, 3.63) is 68.7 Å². The molecular weight excluding hydrogens is 378 g/mol. The summed E-state index contributed by atoms with van der Waals surface area (Å²) in [5.41, 5.74) is 5.86. The van der Waals surface area contributed by atoms with Crippen LogP contribution in [0, 0.1) is 10.1 Å². The van der Waals surface area contributed by atoms with Gasteiger partial charge >= 0.3 is 0 Å². The van der Waals surface area contributed by atoms with Crippen LogP contribution in [0.15, 0.2) is 47.4 Å². The summed E-state index contributed by atoms with van der Waals surface area (Å²) in [6, 6.07) is 11.1. The lowest BCUT2D eigenvalue weighted by molar-refractivity contribution is -0.387. The Hall–Kier alpha value is -2.58. The van der Waals surface area contributed by atoms with E-state index < -0.39 is 10.8 Å². The van der Waals surface area contributed by atoms with Gasteiger partial charge in [0.05, 0.1) is 15.6 Å². The van der Waals surface area contributed by atoms with Gasteiger partial charge < -0.3 is 10.6 Å². The van der Waals surface area contributed by atoms with E-state index in [2.05, 4.69) is 0 Å². The zero-order valence-electron chi connectivity index (χ0n) is 13.8. The summed E-state index contributed by atoms with van der Waals surface area (Å²) in [5.74, 6) is -0.900. The maximum Gasteiger partial charge on any atom is 0.283 e. The fourth-order valence-electron chi connectivity index (χ4n) is 2.14. The molecule has 0 spiro atoms. The molecule has 0 unspecified atom stereocenters. The molecule has 2 rings (SSSR count). The Labute approximate surface area is 159 Å². The summed E-state index contributed by atoms with van der Waals surface area (Å²) in [6.45, 7) is 0.402. The quantitative estimate of drug-likeness (QED) is 0.442. The van der Waals surface area contributed by atoms with Crippen LogP contribution in [-0.2, 0) is 11.3 Å². The van der Waals surface area contributed by atoms with Crippen molar-refractivity contribution < 1.29 is 14.5 Å². The van der Waals surface area contributed by atoms with Gasteiger partial charge in [0.2, 0.25) is 11.8 Å². The van der Waals surface area contributed by atoms with E-state index in [1.165, 1.54) is 17.0 Å². The first-order valence-electron chi connectivity index (χ1n) is 7.47. The summed E-state index contributed by atoms with van der Waals surface area (Å²) in [7, 11) is 1.65. The van der Waals surface area contributed by atoms with Crippen molar-refractivity contribution >= 4 is 40.9 Å². The third-order valence-corrected chi connectivity index (χ3v) is 4.85. The van der Waals surface area contributed by atoms with Crippen LogP contribution in [0.25, 0.3) is 0 Å². The number of primary amides is 1. The summed E-state index contributed by atoms with van der Waals surface area (Å²) in [5, 5.41) is 11.8. The summed E-state index contributed by atoms with van der Waals surface area (Å²) in [6.07, 6.45) is 0. The van der Waals surface area contributed by atoms with E-state index in [1.54, 1.807) is 19.2 Å². The molecule has 26 heavy (non-hydrogen) atoms. The highest BCUT2D eigenvalue weighted by molar-refractivity contribution is 8.00. The minimum absolute atomic E-state index is 0.0286. The van der Waals surface area contributed by atoms with E-state index in [1.807, 2.05) is 12.1 Å². The van der Waals surface area contributed by atoms with Crippen LogP contribution in [-0.4, -0.2) is 34.4 Å². The van der Waals surface area contributed by atoms with Crippen LogP contribution in [0.1, 0.15) is 15.9 Å². The van der Waals surface area contributed by atoms with Crippen LogP contribution in [0.3, 0.4) is 0 Å². The molecule has 0 aliphatic heterocycles. The van der Waals surface area contributed by atoms with Crippen molar-refractivity contribution in [1.29, 1.82) is 0 Å². The van der Waals surface area contributed by atoms with Crippen LogP contribution in [0.4, 0.5) is 5.69 Å². The van der Waals surface area contributed by atoms with Gasteiger partial charge in [-0.15, -0.1) is 11.8 Å². The minimum Gasteiger partial charge on any atom is -0.366 e. The highest BCUT2D eigenvalue weighted by atomic mass is 35.5. The molecule has 0 saturated heterocycles. The number of hydrogen-bond acceptors (Lipinski definition) is 5. The lowest BCUT2D eigenvalue weighted by Gasteiger charge is -2.17. The van der Waals surface area contributed by atoms with Gasteiger partial charge in [-0.2, -0.15) is 0 Å². The van der Waals surface area contributed by atoms with E-state index in [4.69, 9.17) is 17.3 Å². The fraction of sp³-hybridized carbons (Fsp3) is 0.176. The third-order valence-electron chi connectivity index (χ3n) is 3.55. The number of carbonyl (C=O) groups excluding carboxylic acids is 2. The normalized spacial score (nSPS) is 10.4. The van der Waals surface area contributed by atoms with E-state index in [0.29, 0.717) is 16.5 Å². The van der Waals surface area contributed by atoms with E-state index in [0.717, 1.165) is 23.4 Å². The number of nitro groups is 1. The van der Waals surface area contributed by atoms with E-state index in [-0.39, 0.29) is 22.9 Å². The van der Waals surface area contributed by atoms with Gasteiger partial charge in [-0.25, -0.2) is 0 Å². The number of carbonyl (C=O) groups is 2. The Kier molecular flexibility index (Phi) is 6.59. The number of benzene rings is 2. The van der Waals surface area contributed by atoms with Crippen LogP contribution in [0.5, 0.6) is 0 Å². The first kappa shape index (κ1) is 19.7. The van der Waals surface area contributed by atoms with Crippen LogP contribution < -0.4 is 5.73 Å². The highest BCUT2D eigenvalue weighted by Crippen LogP contribution is 2.30.